The number of amides is 2. The lowest BCUT2D eigenvalue weighted by molar-refractivity contribution is -0.145. The van der Waals surface area contributed by atoms with E-state index < -0.39 is 35.9 Å². The molecule has 0 spiro atoms. The molecular weight excluding hydrogens is 364 g/mol. The van der Waals surface area contributed by atoms with E-state index in [1.54, 1.807) is 25.7 Å². The molecule has 1 fully saturated rings. The van der Waals surface area contributed by atoms with E-state index in [0.29, 0.717) is 13.1 Å². The van der Waals surface area contributed by atoms with E-state index in [0.717, 1.165) is 11.1 Å². The second-order valence-electron chi connectivity index (χ2n) is 8.04. The monoisotopic (exact) mass is 390 g/mol. The van der Waals surface area contributed by atoms with Crippen LogP contribution < -0.4 is 0 Å². The molecule has 3 rings (SSSR count). The van der Waals surface area contributed by atoms with Crippen LogP contribution in [0.2, 0.25) is 0 Å². The van der Waals surface area contributed by atoms with E-state index >= 15 is 0 Å². The average Bonchev–Trinajstić information content (AvgIpc) is 3.23. The number of likely N-dealkylation sites (tertiary alicyclic amines) is 1. The second kappa shape index (κ2) is 7.69. The fourth-order valence-corrected chi connectivity index (χ4v) is 3.44. The topological polar surface area (TPSA) is 85.4 Å². The molecule has 2 heterocycles. The Hall–Kier alpha value is -2.77. The lowest BCUT2D eigenvalue weighted by atomic mass is 10.1. The summed E-state index contributed by atoms with van der Waals surface area (Å²) in [6, 6.07) is 6.99. The van der Waals surface area contributed by atoms with Crippen LogP contribution in [-0.2, 0) is 32.1 Å². The number of fused-ring (bicyclic) bond motifs is 1. The molecule has 1 aromatic carbocycles. The maximum absolute atomic E-state index is 12.6. The van der Waals surface area contributed by atoms with Gasteiger partial charge in [-0.3, -0.25) is 9.80 Å². The van der Waals surface area contributed by atoms with Crippen molar-refractivity contribution in [3.05, 3.63) is 35.4 Å². The zero-order chi connectivity index (χ0) is 20.5. The molecule has 8 heteroatoms. The lowest BCUT2D eigenvalue weighted by Gasteiger charge is -2.27. The molecule has 0 bridgehead atoms. The molecule has 2 aliphatic heterocycles. The molecule has 0 radical (unpaired) electrons. The Morgan fingerprint density at radius 1 is 1.04 bits per heavy atom. The number of methoxy groups -OCH3 is 1. The summed E-state index contributed by atoms with van der Waals surface area (Å²) < 4.78 is 15.8. The summed E-state index contributed by atoms with van der Waals surface area (Å²) in [6.45, 7) is 6.29. The highest BCUT2D eigenvalue weighted by molar-refractivity contribution is 5.82. The van der Waals surface area contributed by atoms with Gasteiger partial charge in [-0.25, -0.2) is 14.4 Å². The number of benzene rings is 1. The second-order valence-corrected chi connectivity index (χ2v) is 8.04. The summed E-state index contributed by atoms with van der Waals surface area (Å²) in [5.41, 5.74) is 1.48. The quantitative estimate of drug-likeness (QED) is 0.570. The Kier molecular flexibility index (Phi) is 5.49. The number of esters is 1. The van der Waals surface area contributed by atoms with Gasteiger partial charge in [0.25, 0.3) is 0 Å². The van der Waals surface area contributed by atoms with Gasteiger partial charge in [0.05, 0.1) is 13.7 Å². The van der Waals surface area contributed by atoms with Gasteiger partial charge in [-0.1, -0.05) is 24.3 Å². The molecule has 1 aromatic rings. The first-order valence-electron chi connectivity index (χ1n) is 9.27. The van der Waals surface area contributed by atoms with Gasteiger partial charge >= 0.3 is 18.2 Å². The molecule has 152 valence electrons. The van der Waals surface area contributed by atoms with Crippen LogP contribution in [0, 0.1) is 0 Å². The van der Waals surface area contributed by atoms with Crippen molar-refractivity contribution in [2.24, 2.45) is 0 Å². The minimum absolute atomic E-state index is 0.0845. The number of carbonyl (C=O) groups is 3. The third kappa shape index (κ3) is 4.37. The van der Waals surface area contributed by atoms with Crippen molar-refractivity contribution in [1.82, 2.24) is 9.80 Å². The molecule has 2 amide bonds. The summed E-state index contributed by atoms with van der Waals surface area (Å²) in [6.07, 6.45) is -1.52. The number of rotatable bonds is 2. The summed E-state index contributed by atoms with van der Waals surface area (Å²) >= 11 is 0. The fourth-order valence-electron chi connectivity index (χ4n) is 3.44. The van der Waals surface area contributed by atoms with Crippen molar-refractivity contribution in [2.45, 2.75) is 58.0 Å². The van der Waals surface area contributed by atoms with Crippen molar-refractivity contribution >= 4 is 18.2 Å². The third-order valence-corrected chi connectivity index (χ3v) is 4.73. The van der Waals surface area contributed by atoms with Gasteiger partial charge in [-0.2, -0.15) is 0 Å². The molecule has 8 nitrogen and oxygen atoms in total. The zero-order valence-corrected chi connectivity index (χ0v) is 16.6. The number of hydrogen-bond donors (Lipinski definition) is 0. The van der Waals surface area contributed by atoms with E-state index in [4.69, 9.17) is 14.2 Å². The molecule has 2 unspecified atom stereocenters. The van der Waals surface area contributed by atoms with Crippen LogP contribution in [0.25, 0.3) is 0 Å². The SMILES string of the molecule is COC(=O)C1CC(OC(=O)N2Cc3ccccc3C2)CN1C(=O)OC(C)(C)C. The largest absolute Gasteiger partial charge is 0.467 e. The average molecular weight is 390 g/mol. The summed E-state index contributed by atoms with van der Waals surface area (Å²) in [5, 5.41) is 0. The summed E-state index contributed by atoms with van der Waals surface area (Å²) in [5.74, 6) is -0.557. The van der Waals surface area contributed by atoms with Crippen LogP contribution in [0.1, 0.15) is 38.3 Å². The highest BCUT2D eigenvalue weighted by atomic mass is 16.6. The Morgan fingerprint density at radius 2 is 1.64 bits per heavy atom. The number of hydrogen-bond acceptors (Lipinski definition) is 6. The van der Waals surface area contributed by atoms with Gasteiger partial charge < -0.3 is 14.2 Å². The number of nitrogens with zero attached hydrogens (tertiary/aromatic N) is 2. The normalized spacial score (nSPS) is 21.3. The first-order chi connectivity index (χ1) is 13.2. The Bertz CT molecular complexity index is 747. The van der Waals surface area contributed by atoms with Crippen LogP contribution in [-0.4, -0.2) is 59.4 Å². The molecule has 0 aromatic heterocycles. The van der Waals surface area contributed by atoms with Crippen LogP contribution in [0.4, 0.5) is 9.59 Å². The maximum Gasteiger partial charge on any atom is 0.411 e. The molecule has 1 saturated heterocycles. The first-order valence-corrected chi connectivity index (χ1v) is 9.27. The lowest BCUT2D eigenvalue weighted by Crippen LogP contribution is -2.44. The molecule has 0 N–H and O–H groups in total. The predicted octanol–water partition coefficient (Wildman–Crippen LogP) is 2.69. The van der Waals surface area contributed by atoms with Crippen molar-refractivity contribution in [3.8, 4) is 0 Å². The van der Waals surface area contributed by atoms with Gasteiger partial charge in [0, 0.05) is 19.5 Å². The van der Waals surface area contributed by atoms with Crippen LogP contribution >= 0.6 is 0 Å². The van der Waals surface area contributed by atoms with Gasteiger partial charge in [-0.15, -0.1) is 0 Å². The van der Waals surface area contributed by atoms with Crippen LogP contribution in [0.5, 0.6) is 0 Å². The Labute approximate surface area is 164 Å². The minimum atomic E-state index is -0.839. The molecule has 2 atom stereocenters. The predicted molar refractivity (Wildman–Crippen MR) is 99.3 cm³/mol. The van der Waals surface area contributed by atoms with E-state index in [9.17, 15) is 14.4 Å². The van der Waals surface area contributed by atoms with E-state index in [2.05, 4.69) is 0 Å². The highest BCUT2D eigenvalue weighted by Gasteiger charge is 2.44. The van der Waals surface area contributed by atoms with Gasteiger partial charge in [0.2, 0.25) is 0 Å². The first kappa shape index (κ1) is 20.0. The van der Waals surface area contributed by atoms with Gasteiger partial charge in [0.1, 0.15) is 17.7 Å². The van der Waals surface area contributed by atoms with E-state index in [-0.39, 0.29) is 13.0 Å². The minimum Gasteiger partial charge on any atom is -0.467 e. The number of carbonyl (C=O) groups excluding carboxylic acids is 3. The van der Waals surface area contributed by atoms with Crippen molar-refractivity contribution in [2.75, 3.05) is 13.7 Å². The smallest absolute Gasteiger partial charge is 0.411 e. The summed E-state index contributed by atoms with van der Waals surface area (Å²) in [4.78, 5) is 40.0. The van der Waals surface area contributed by atoms with Gasteiger partial charge in [0.15, 0.2) is 0 Å². The Morgan fingerprint density at radius 3 is 2.18 bits per heavy atom. The Balaban J connectivity index is 1.64. The van der Waals surface area contributed by atoms with E-state index in [1.165, 1.54) is 12.0 Å². The molecule has 2 aliphatic rings. The standard InChI is InChI=1S/C20H26N2O6/c1-20(2,3)28-19(25)22-12-15(9-16(22)17(23)26-4)27-18(24)21-10-13-7-5-6-8-14(13)11-21/h5-8,15-16H,9-12H2,1-4H3. The van der Waals surface area contributed by atoms with Crippen LogP contribution in [0.15, 0.2) is 24.3 Å². The third-order valence-electron chi connectivity index (χ3n) is 4.73. The highest BCUT2D eigenvalue weighted by Crippen LogP contribution is 2.27. The van der Waals surface area contributed by atoms with Crippen molar-refractivity contribution < 1.29 is 28.6 Å². The molecule has 28 heavy (non-hydrogen) atoms. The fraction of sp³-hybridized carbons (Fsp3) is 0.550. The van der Waals surface area contributed by atoms with Crippen LogP contribution in [0.3, 0.4) is 0 Å². The van der Waals surface area contributed by atoms with Gasteiger partial charge in [-0.05, 0) is 31.9 Å². The zero-order valence-electron chi connectivity index (χ0n) is 16.6. The van der Waals surface area contributed by atoms with Crippen molar-refractivity contribution in [3.63, 3.8) is 0 Å². The molecule has 0 saturated carbocycles. The van der Waals surface area contributed by atoms with E-state index in [1.807, 2.05) is 24.3 Å². The maximum atomic E-state index is 12.6. The van der Waals surface area contributed by atoms with Crippen molar-refractivity contribution in [1.29, 1.82) is 0 Å². The molecule has 0 aliphatic carbocycles. The molecular formula is C20H26N2O6. The number of ether oxygens (including phenoxy) is 3. The summed E-state index contributed by atoms with van der Waals surface area (Å²) in [7, 11) is 1.26.